The first-order valence-electron chi connectivity index (χ1n) is 6.99. The summed E-state index contributed by atoms with van der Waals surface area (Å²) < 4.78 is 23.9. The number of rotatable bonds is 3. The molecule has 0 saturated carbocycles. The van der Waals surface area contributed by atoms with Gasteiger partial charge in [-0.3, -0.25) is 14.7 Å². The van der Waals surface area contributed by atoms with E-state index < -0.39 is 9.84 Å². The monoisotopic (exact) mass is 398 g/mol. The lowest BCUT2D eigenvalue weighted by Gasteiger charge is -2.27. The molecule has 0 aliphatic carbocycles. The van der Waals surface area contributed by atoms with Gasteiger partial charge in [-0.1, -0.05) is 6.07 Å². The largest absolute Gasteiger partial charge is 0.297 e. The Balaban J connectivity index is 1.85. The van der Waals surface area contributed by atoms with E-state index in [9.17, 15) is 13.2 Å². The van der Waals surface area contributed by atoms with Gasteiger partial charge in [-0.15, -0.1) is 0 Å². The average Bonchev–Trinajstić information content (AvgIpc) is 2.47. The zero-order valence-corrected chi connectivity index (χ0v) is 14.8. The molecule has 2 aromatic heterocycles. The van der Waals surface area contributed by atoms with Crippen molar-refractivity contribution in [2.45, 2.75) is 24.7 Å². The Hall–Kier alpha value is -1.58. The summed E-state index contributed by atoms with van der Waals surface area (Å²) >= 11 is 3.34. The molecule has 0 radical (unpaired) electrons. The van der Waals surface area contributed by atoms with Crippen molar-refractivity contribution in [2.24, 2.45) is 0 Å². The van der Waals surface area contributed by atoms with Crippen LogP contribution in [0.4, 0.5) is 0 Å². The Bertz CT molecular complexity index is 910. The smallest absolute Gasteiger partial charge is 0.256 e. The molecule has 0 atom stereocenters. The molecule has 3 rings (SSSR count). The first-order chi connectivity index (χ1) is 10.8. The second-order valence-electron chi connectivity index (χ2n) is 5.48. The van der Waals surface area contributed by atoms with Crippen molar-refractivity contribution in [2.75, 3.05) is 12.8 Å². The van der Waals surface area contributed by atoms with E-state index in [4.69, 9.17) is 0 Å². The zero-order chi connectivity index (χ0) is 16.6. The lowest BCUT2D eigenvalue weighted by Crippen LogP contribution is -2.36. The third-order valence-corrected chi connectivity index (χ3v) is 4.97. The highest BCUT2D eigenvalue weighted by Crippen LogP contribution is 2.17. The minimum Gasteiger partial charge on any atom is -0.297 e. The van der Waals surface area contributed by atoms with Crippen LogP contribution in [0.3, 0.4) is 0 Å². The summed E-state index contributed by atoms with van der Waals surface area (Å²) in [6, 6.07) is 5.70. The van der Waals surface area contributed by atoms with E-state index in [1.165, 1.54) is 0 Å². The topological polar surface area (TPSA) is 96.0 Å². The minimum absolute atomic E-state index is 0.261. The van der Waals surface area contributed by atoms with E-state index in [0.29, 0.717) is 37.3 Å². The highest BCUT2D eigenvalue weighted by atomic mass is 79.9. The maximum Gasteiger partial charge on any atom is 0.256 e. The summed E-state index contributed by atoms with van der Waals surface area (Å²) in [7, 11) is -3.52. The number of H-pyrrole nitrogens is 1. The number of sulfone groups is 1. The lowest BCUT2D eigenvalue weighted by molar-refractivity contribution is 0.238. The van der Waals surface area contributed by atoms with Crippen LogP contribution in [0.2, 0.25) is 0 Å². The van der Waals surface area contributed by atoms with Gasteiger partial charge in [0.15, 0.2) is 0 Å². The predicted octanol–water partition coefficient (Wildman–Crippen LogP) is 0.889. The predicted molar refractivity (Wildman–Crippen MR) is 87.7 cm³/mol. The zero-order valence-electron chi connectivity index (χ0n) is 12.4. The van der Waals surface area contributed by atoms with Crippen molar-refractivity contribution < 1.29 is 8.42 Å². The fraction of sp³-hybridized carbons (Fsp3) is 0.357. The molecule has 2 aromatic rings. The van der Waals surface area contributed by atoms with E-state index in [0.717, 1.165) is 16.6 Å². The number of fused-ring (bicyclic) bond motifs is 1. The molecule has 0 spiro atoms. The van der Waals surface area contributed by atoms with Crippen LogP contribution in [0, 0.1) is 0 Å². The molecule has 3 heterocycles. The van der Waals surface area contributed by atoms with Crippen molar-refractivity contribution in [1.29, 1.82) is 0 Å². The number of hydrogen-bond acceptors (Lipinski definition) is 6. The van der Waals surface area contributed by atoms with Crippen molar-refractivity contribution in [1.82, 2.24) is 19.9 Å². The van der Waals surface area contributed by atoms with E-state index in [1.807, 2.05) is 18.2 Å². The highest BCUT2D eigenvalue weighted by Gasteiger charge is 2.23. The Morgan fingerprint density at radius 1 is 1.35 bits per heavy atom. The van der Waals surface area contributed by atoms with Crippen LogP contribution < -0.4 is 5.56 Å². The minimum atomic E-state index is -3.52. The number of pyridine rings is 1. The van der Waals surface area contributed by atoms with E-state index >= 15 is 0 Å². The number of nitrogens with zero attached hydrogens (tertiary/aromatic N) is 3. The number of hydrogen-bond donors (Lipinski definition) is 1. The Kier molecular flexibility index (Phi) is 4.35. The van der Waals surface area contributed by atoms with Gasteiger partial charge in [0.2, 0.25) is 15.0 Å². The van der Waals surface area contributed by atoms with Gasteiger partial charge >= 0.3 is 0 Å². The molecule has 122 valence electrons. The van der Waals surface area contributed by atoms with Crippen LogP contribution in [0.25, 0.3) is 0 Å². The summed E-state index contributed by atoms with van der Waals surface area (Å²) in [6.07, 6.45) is 1.57. The normalized spacial score (nSPS) is 15.4. The molecule has 7 nitrogen and oxygen atoms in total. The summed E-state index contributed by atoms with van der Waals surface area (Å²) in [5.41, 5.74) is 1.61. The van der Waals surface area contributed by atoms with Gasteiger partial charge in [0.05, 0.1) is 17.0 Å². The number of aromatic amines is 1. The van der Waals surface area contributed by atoms with Gasteiger partial charge in [-0.25, -0.2) is 18.4 Å². The molecule has 0 aromatic carbocycles. The summed E-state index contributed by atoms with van der Waals surface area (Å²) in [5, 5.41) is -0.261. The van der Waals surface area contributed by atoms with Gasteiger partial charge < -0.3 is 0 Å². The SMILES string of the molecule is CS(=O)(=O)c1nc2c(c(=O)[nH]1)CN(Cc1cccc(Br)n1)CC2. The molecule has 1 N–H and O–H groups in total. The van der Waals surface area contributed by atoms with Gasteiger partial charge in [-0.2, -0.15) is 0 Å². The molecule has 0 fully saturated rings. The number of nitrogens with one attached hydrogen (secondary N) is 1. The fourth-order valence-corrected chi connectivity index (χ4v) is 3.47. The highest BCUT2D eigenvalue weighted by molar-refractivity contribution is 9.10. The van der Waals surface area contributed by atoms with Crippen molar-refractivity contribution in [3.8, 4) is 0 Å². The first kappa shape index (κ1) is 16.3. The standard InChI is InChI=1S/C14H15BrN4O3S/c1-23(21,22)14-17-11-5-6-19(8-10(11)13(20)18-14)7-9-3-2-4-12(15)16-9/h2-4H,5-8H2,1H3,(H,17,18,20). The Morgan fingerprint density at radius 3 is 2.83 bits per heavy atom. The third kappa shape index (κ3) is 3.67. The molecule has 0 saturated heterocycles. The maximum absolute atomic E-state index is 12.2. The Morgan fingerprint density at radius 2 is 2.13 bits per heavy atom. The van der Waals surface area contributed by atoms with E-state index in [-0.39, 0.29) is 10.7 Å². The van der Waals surface area contributed by atoms with Crippen molar-refractivity contribution in [3.05, 3.63) is 50.1 Å². The molecule has 0 bridgehead atoms. The molecule has 0 amide bonds. The summed E-state index contributed by atoms with van der Waals surface area (Å²) in [5.74, 6) is 0. The molecule has 0 unspecified atom stereocenters. The summed E-state index contributed by atoms with van der Waals surface area (Å²) in [4.78, 5) is 25.1. The quantitative estimate of drug-likeness (QED) is 0.609. The van der Waals surface area contributed by atoms with Crippen LogP contribution >= 0.6 is 15.9 Å². The van der Waals surface area contributed by atoms with Crippen LogP contribution in [0.5, 0.6) is 0 Å². The second kappa shape index (κ2) is 6.14. The van der Waals surface area contributed by atoms with Crippen LogP contribution in [0.15, 0.2) is 32.8 Å². The molecular formula is C14H15BrN4O3S. The maximum atomic E-state index is 12.2. The van der Waals surface area contributed by atoms with Crippen LogP contribution in [-0.2, 0) is 29.3 Å². The third-order valence-electron chi connectivity index (χ3n) is 3.64. The van der Waals surface area contributed by atoms with Gasteiger partial charge in [0.25, 0.3) is 5.56 Å². The molecular weight excluding hydrogens is 384 g/mol. The van der Waals surface area contributed by atoms with E-state index in [2.05, 4.69) is 35.8 Å². The molecule has 1 aliphatic heterocycles. The molecule has 9 heteroatoms. The lowest BCUT2D eigenvalue weighted by atomic mass is 10.1. The molecule has 1 aliphatic rings. The average molecular weight is 399 g/mol. The fourth-order valence-electron chi connectivity index (χ4n) is 2.54. The van der Waals surface area contributed by atoms with Gasteiger partial charge in [0, 0.05) is 32.3 Å². The van der Waals surface area contributed by atoms with Crippen LogP contribution in [0.1, 0.15) is 17.0 Å². The first-order valence-corrected chi connectivity index (χ1v) is 9.67. The van der Waals surface area contributed by atoms with Crippen molar-refractivity contribution in [3.63, 3.8) is 0 Å². The molecule has 23 heavy (non-hydrogen) atoms. The second-order valence-corrected chi connectivity index (χ2v) is 8.22. The van der Waals surface area contributed by atoms with Gasteiger partial charge in [0.1, 0.15) is 4.60 Å². The van der Waals surface area contributed by atoms with Gasteiger partial charge in [-0.05, 0) is 28.1 Å². The number of halogens is 1. The Labute approximate surface area is 141 Å². The summed E-state index contributed by atoms with van der Waals surface area (Å²) in [6.45, 7) is 1.74. The van der Waals surface area contributed by atoms with E-state index in [1.54, 1.807) is 0 Å². The number of aromatic nitrogens is 3. The van der Waals surface area contributed by atoms with Crippen molar-refractivity contribution >= 4 is 25.8 Å². The van der Waals surface area contributed by atoms with Crippen LogP contribution in [-0.4, -0.2) is 41.1 Å².